The summed E-state index contributed by atoms with van der Waals surface area (Å²) >= 11 is 0. The van der Waals surface area contributed by atoms with Crippen molar-refractivity contribution in [2.45, 2.75) is 77.0 Å². The first-order chi connectivity index (χ1) is 19.6. The van der Waals surface area contributed by atoms with Gasteiger partial charge in [-0.2, -0.15) is 4.98 Å². The molecule has 0 unspecified atom stereocenters. The lowest BCUT2D eigenvalue weighted by Crippen LogP contribution is -2.41. The van der Waals surface area contributed by atoms with Crippen molar-refractivity contribution >= 4 is 22.9 Å². The maximum absolute atomic E-state index is 10.5. The number of hydrogen-bond acceptors (Lipinski definition) is 8. The second-order valence-electron chi connectivity index (χ2n) is 12.2. The number of rotatable bonds is 10. The Morgan fingerprint density at radius 1 is 1.02 bits per heavy atom. The van der Waals surface area contributed by atoms with E-state index in [1.54, 1.807) is 0 Å². The predicted octanol–water partition coefficient (Wildman–Crippen LogP) is 4.86. The summed E-state index contributed by atoms with van der Waals surface area (Å²) in [6.07, 6.45) is 8.81. The number of benzene rings is 1. The number of aliphatic hydroxyl groups excluding tert-OH is 2. The highest BCUT2D eigenvalue weighted by atomic mass is 16.5. The number of nitrogens with one attached hydrogen (secondary N) is 1. The molecule has 216 valence electrons. The number of anilines is 2. The van der Waals surface area contributed by atoms with Crippen molar-refractivity contribution in [3.8, 4) is 0 Å². The van der Waals surface area contributed by atoms with Gasteiger partial charge in [0.1, 0.15) is 11.6 Å². The maximum Gasteiger partial charge on any atom is 0.208 e. The Morgan fingerprint density at radius 2 is 1.82 bits per heavy atom. The zero-order valence-electron chi connectivity index (χ0n) is 23.7. The second kappa shape index (κ2) is 12.4. The average Bonchev–Trinajstić information content (AvgIpc) is 3.33. The fourth-order valence-corrected chi connectivity index (χ4v) is 6.53. The van der Waals surface area contributed by atoms with E-state index in [4.69, 9.17) is 19.7 Å². The van der Waals surface area contributed by atoms with Crippen LogP contribution in [0.1, 0.15) is 81.8 Å². The van der Waals surface area contributed by atoms with Crippen molar-refractivity contribution in [3.63, 3.8) is 0 Å². The predicted molar refractivity (Wildman–Crippen MR) is 156 cm³/mol. The summed E-state index contributed by atoms with van der Waals surface area (Å²) in [6, 6.07) is 10.6. The molecule has 0 bridgehead atoms. The lowest BCUT2D eigenvalue weighted by molar-refractivity contribution is 0.0889. The van der Waals surface area contributed by atoms with E-state index >= 15 is 0 Å². The first-order valence-electron chi connectivity index (χ1n) is 15.3. The van der Waals surface area contributed by atoms with Crippen LogP contribution in [0.3, 0.4) is 0 Å². The standard InChI is InChI=1S/C31H44N6O3/c1-21-10-12-23(13-11-21)18-37-27-29(32-15-14-22-6-5-7-22)33-28(26(39)19-38)34-30(27)35-31(37)36-16-17-40-20-25(36)24-8-3-2-4-9-24/h2-4,8-9,21-23,25-26,38-39H,5-7,10-20H2,1H3,(H,32,33,34)/t21?,23?,25-,26-/m0/s1. The van der Waals surface area contributed by atoms with Crippen molar-refractivity contribution in [1.82, 2.24) is 19.5 Å². The van der Waals surface area contributed by atoms with Crippen LogP contribution in [0.5, 0.6) is 0 Å². The van der Waals surface area contributed by atoms with E-state index in [1.165, 1.54) is 50.5 Å². The van der Waals surface area contributed by atoms with Crippen molar-refractivity contribution in [1.29, 1.82) is 0 Å². The maximum atomic E-state index is 10.5. The number of nitrogens with zero attached hydrogens (tertiary/aromatic N) is 5. The van der Waals surface area contributed by atoms with Gasteiger partial charge in [-0.3, -0.25) is 0 Å². The molecule has 1 saturated heterocycles. The molecule has 3 aromatic rings. The number of aliphatic hydroxyl groups is 2. The SMILES string of the molecule is CC1CCC(Cn2c(N3CCOC[C@H]3c3ccccc3)nc3nc([C@@H](O)CO)nc(NCCC4CCC4)c32)CC1. The Morgan fingerprint density at radius 3 is 2.55 bits per heavy atom. The van der Waals surface area contributed by atoms with Gasteiger partial charge >= 0.3 is 0 Å². The molecule has 3 aliphatic rings. The second-order valence-corrected chi connectivity index (χ2v) is 12.2. The fourth-order valence-electron chi connectivity index (χ4n) is 6.53. The molecule has 0 radical (unpaired) electrons. The van der Waals surface area contributed by atoms with E-state index in [0.717, 1.165) is 49.4 Å². The number of hydrogen-bond donors (Lipinski definition) is 3. The van der Waals surface area contributed by atoms with Crippen molar-refractivity contribution in [3.05, 3.63) is 41.7 Å². The summed E-state index contributed by atoms with van der Waals surface area (Å²) in [5.41, 5.74) is 2.67. The lowest BCUT2D eigenvalue weighted by atomic mass is 9.83. The normalized spacial score (nSPS) is 24.7. The third-order valence-electron chi connectivity index (χ3n) is 9.29. The molecule has 1 aromatic carbocycles. The van der Waals surface area contributed by atoms with Crippen LogP contribution in [0, 0.1) is 17.8 Å². The van der Waals surface area contributed by atoms with Crippen LogP contribution in [0.25, 0.3) is 11.2 Å². The molecule has 2 aliphatic carbocycles. The summed E-state index contributed by atoms with van der Waals surface area (Å²) in [7, 11) is 0. The van der Waals surface area contributed by atoms with Crippen LogP contribution < -0.4 is 10.2 Å². The third kappa shape index (κ3) is 5.83. The van der Waals surface area contributed by atoms with Crippen molar-refractivity contribution in [2.24, 2.45) is 17.8 Å². The highest BCUT2D eigenvalue weighted by Gasteiger charge is 2.32. The highest BCUT2D eigenvalue weighted by Crippen LogP contribution is 2.37. The Bertz CT molecular complexity index is 1250. The monoisotopic (exact) mass is 548 g/mol. The number of morpholine rings is 1. The molecule has 0 amide bonds. The Hall–Kier alpha value is -2.75. The summed E-state index contributed by atoms with van der Waals surface area (Å²) in [5.74, 6) is 3.93. The molecular formula is C31H44N6O3. The number of fused-ring (bicyclic) bond motifs is 1. The number of imidazole rings is 1. The minimum Gasteiger partial charge on any atom is -0.393 e. The summed E-state index contributed by atoms with van der Waals surface area (Å²) in [6.45, 7) is 5.57. The van der Waals surface area contributed by atoms with Gasteiger partial charge in [-0.1, -0.05) is 69.4 Å². The molecule has 2 saturated carbocycles. The quantitative estimate of drug-likeness (QED) is 0.330. The van der Waals surface area contributed by atoms with E-state index in [-0.39, 0.29) is 11.9 Å². The zero-order chi connectivity index (χ0) is 27.5. The van der Waals surface area contributed by atoms with Crippen LogP contribution in [0.15, 0.2) is 30.3 Å². The first-order valence-corrected chi connectivity index (χ1v) is 15.3. The molecule has 2 aromatic heterocycles. The summed E-state index contributed by atoms with van der Waals surface area (Å²) in [5, 5.41) is 23.8. The molecule has 40 heavy (non-hydrogen) atoms. The molecule has 3 N–H and O–H groups in total. The van der Waals surface area contributed by atoms with Crippen LogP contribution >= 0.6 is 0 Å². The van der Waals surface area contributed by atoms with E-state index in [1.807, 2.05) is 6.07 Å². The van der Waals surface area contributed by atoms with E-state index in [0.29, 0.717) is 30.6 Å². The lowest BCUT2D eigenvalue weighted by Gasteiger charge is -2.37. The molecule has 9 heteroatoms. The molecular weight excluding hydrogens is 504 g/mol. The smallest absolute Gasteiger partial charge is 0.208 e. The summed E-state index contributed by atoms with van der Waals surface area (Å²) < 4.78 is 8.31. The van der Waals surface area contributed by atoms with E-state index in [9.17, 15) is 10.2 Å². The molecule has 6 rings (SSSR count). The third-order valence-corrected chi connectivity index (χ3v) is 9.29. The minimum absolute atomic E-state index is 0.0439. The topological polar surface area (TPSA) is 109 Å². The van der Waals surface area contributed by atoms with Crippen LogP contribution in [0.2, 0.25) is 0 Å². The average molecular weight is 549 g/mol. The van der Waals surface area contributed by atoms with E-state index < -0.39 is 12.7 Å². The first kappa shape index (κ1) is 27.4. The molecule has 0 spiro atoms. The van der Waals surface area contributed by atoms with Gasteiger partial charge in [0.15, 0.2) is 17.3 Å². The number of aromatic nitrogens is 4. The summed E-state index contributed by atoms with van der Waals surface area (Å²) in [4.78, 5) is 17.0. The minimum atomic E-state index is -1.15. The van der Waals surface area contributed by atoms with Crippen molar-refractivity contribution in [2.75, 3.05) is 43.1 Å². The van der Waals surface area contributed by atoms with Crippen LogP contribution in [-0.2, 0) is 11.3 Å². The zero-order valence-corrected chi connectivity index (χ0v) is 23.7. The van der Waals surface area contributed by atoms with Gasteiger partial charge in [0.2, 0.25) is 5.95 Å². The molecule has 9 nitrogen and oxygen atoms in total. The van der Waals surface area contributed by atoms with Crippen molar-refractivity contribution < 1.29 is 14.9 Å². The molecule has 3 heterocycles. The van der Waals surface area contributed by atoms with Gasteiger partial charge in [0.25, 0.3) is 0 Å². The van der Waals surface area contributed by atoms with Gasteiger partial charge in [0, 0.05) is 19.6 Å². The van der Waals surface area contributed by atoms with Gasteiger partial charge in [0.05, 0.1) is 25.9 Å². The number of ether oxygens (including phenoxy) is 1. The molecule has 1 aliphatic heterocycles. The molecule has 2 atom stereocenters. The highest BCUT2D eigenvalue weighted by molar-refractivity contribution is 5.86. The van der Waals surface area contributed by atoms with Crippen LogP contribution in [-0.4, -0.2) is 62.6 Å². The largest absolute Gasteiger partial charge is 0.393 e. The van der Waals surface area contributed by atoms with Gasteiger partial charge < -0.3 is 29.7 Å². The Kier molecular flexibility index (Phi) is 8.51. The Labute approximate surface area is 237 Å². The van der Waals surface area contributed by atoms with E-state index in [2.05, 4.69) is 46.0 Å². The van der Waals surface area contributed by atoms with Crippen LogP contribution in [0.4, 0.5) is 11.8 Å². The molecule has 3 fully saturated rings. The van der Waals surface area contributed by atoms with Gasteiger partial charge in [-0.25, -0.2) is 9.97 Å². The van der Waals surface area contributed by atoms with Gasteiger partial charge in [-0.05, 0) is 42.6 Å². The van der Waals surface area contributed by atoms with Gasteiger partial charge in [-0.15, -0.1) is 0 Å². The Balaban J connectivity index is 1.43. The fraction of sp³-hybridized carbons (Fsp3) is 0.645.